The van der Waals surface area contributed by atoms with E-state index in [0.717, 1.165) is 0 Å². The summed E-state index contributed by atoms with van der Waals surface area (Å²) in [6.07, 6.45) is 0. The first-order chi connectivity index (χ1) is 7.84. The SMILES string of the molecule is CC(C(=O)O)N(C)C(C)c1ccc(Br)cc1F. The van der Waals surface area contributed by atoms with Gasteiger partial charge >= 0.3 is 5.97 Å². The molecule has 0 spiro atoms. The molecule has 5 heteroatoms. The Morgan fingerprint density at radius 1 is 1.47 bits per heavy atom. The summed E-state index contributed by atoms with van der Waals surface area (Å²) in [4.78, 5) is 12.5. The van der Waals surface area contributed by atoms with Crippen molar-refractivity contribution in [1.82, 2.24) is 4.90 Å². The summed E-state index contributed by atoms with van der Waals surface area (Å²) >= 11 is 3.19. The molecular formula is C12H15BrFNO2. The molecule has 0 aliphatic carbocycles. The van der Waals surface area contributed by atoms with Crippen LogP contribution in [0.4, 0.5) is 4.39 Å². The molecule has 1 aromatic carbocycles. The first-order valence-corrected chi connectivity index (χ1v) is 6.03. The third-order valence-corrected chi connectivity index (χ3v) is 3.49. The predicted molar refractivity (Wildman–Crippen MR) is 67.4 cm³/mol. The number of rotatable bonds is 4. The Balaban J connectivity index is 2.96. The van der Waals surface area contributed by atoms with Crippen LogP contribution in [-0.2, 0) is 4.79 Å². The predicted octanol–water partition coefficient (Wildman–Crippen LogP) is 3.05. The van der Waals surface area contributed by atoms with Crippen LogP contribution in [0.5, 0.6) is 0 Å². The fourth-order valence-corrected chi connectivity index (χ4v) is 1.90. The molecule has 0 saturated carbocycles. The van der Waals surface area contributed by atoms with Crippen molar-refractivity contribution in [2.24, 2.45) is 0 Å². The van der Waals surface area contributed by atoms with Crippen LogP contribution in [0.3, 0.4) is 0 Å². The summed E-state index contributed by atoms with van der Waals surface area (Å²) in [6.45, 7) is 3.36. The van der Waals surface area contributed by atoms with Crippen molar-refractivity contribution in [2.45, 2.75) is 25.9 Å². The number of benzene rings is 1. The number of aliphatic carboxylic acids is 1. The summed E-state index contributed by atoms with van der Waals surface area (Å²) in [6, 6.07) is 3.83. The van der Waals surface area contributed by atoms with Crippen LogP contribution in [0.2, 0.25) is 0 Å². The van der Waals surface area contributed by atoms with Gasteiger partial charge in [0.1, 0.15) is 11.9 Å². The number of halogens is 2. The van der Waals surface area contributed by atoms with Gasteiger partial charge in [-0.05, 0) is 33.0 Å². The molecule has 0 heterocycles. The van der Waals surface area contributed by atoms with Crippen LogP contribution >= 0.6 is 15.9 Å². The molecule has 2 unspecified atom stereocenters. The molecule has 2 atom stereocenters. The molecule has 0 aliphatic rings. The molecular weight excluding hydrogens is 289 g/mol. The van der Waals surface area contributed by atoms with Crippen LogP contribution in [0.15, 0.2) is 22.7 Å². The van der Waals surface area contributed by atoms with E-state index in [4.69, 9.17) is 5.11 Å². The molecule has 94 valence electrons. The number of carboxylic acid groups (broad SMARTS) is 1. The van der Waals surface area contributed by atoms with Crippen molar-refractivity contribution in [3.63, 3.8) is 0 Å². The fraction of sp³-hybridized carbons (Fsp3) is 0.417. The maximum atomic E-state index is 13.7. The lowest BCUT2D eigenvalue weighted by Crippen LogP contribution is -2.37. The van der Waals surface area contributed by atoms with Crippen LogP contribution in [0.1, 0.15) is 25.5 Å². The van der Waals surface area contributed by atoms with Crippen molar-refractivity contribution in [1.29, 1.82) is 0 Å². The van der Waals surface area contributed by atoms with Gasteiger partial charge in [0.2, 0.25) is 0 Å². The van der Waals surface area contributed by atoms with Gasteiger partial charge in [-0.1, -0.05) is 22.0 Å². The standard InChI is InChI=1S/C12H15BrFNO2/c1-7(15(3)8(2)12(16)17)10-5-4-9(13)6-11(10)14/h4-8H,1-3H3,(H,16,17). The van der Waals surface area contributed by atoms with Gasteiger partial charge in [-0.15, -0.1) is 0 Å². The van der Waals surface area contributed by atoms with E-state index < -0.39 is 12.0 Å². The van der Waals surface area contributed by atoms with Gasteiger partial charge in [0.25, 0.3) is 0 Å². The van der Waals surface area contributed by atoms with Crippen molar-refractivity contribution in [3.05, 3.63) is 34.1 Å². The number of likely N-dealkylation sites (N-methyl/N-ethyl adjacent to an activating group) is 1. The maximum Gasteiger partial charge on any atom is 0.320 e. The zero-order valence-electron chi connectivity index (χ0n) is 9.95. The molecule has 1 N–H and O–H groups in total. The second kappa shape index (κ2) is 5.60. The number of carbonyl (C=O) groups is 1. The Bertz CT molecular complexity index is 425. The highest BCUT2D eigenvalue weighted by Gasteiger charge is 2.24. The van der Waals surface area contributed by atoms with Gasteiger partial charge in [0, 0.05) is 16.1 Å². The maximum absolute atomic E-state index is 13.7. The molecule has 1 rings (SSSR count). The van der Waals surface area contributed by atoms with Gasteiger partial charge in [0.15, 0.2) is 0 Å². The van der Waals surface area contributed by atoms with E-state index in [-0.39, 0.29) is 11.9 Å². The van der Waals surface area contributed by atoms with E-state index in [1.54, 1.807) is 37.9 Å². The number of nitrogens with zero attached hydrogens (tertiary/aromatic N) is 1. The molecule has 0 aliphatic heterocycles. The van der Waals surface area contributed by atoms with Crippen LogP contribution in [0.25, 0.3) is 0 Å². The van der Waals surface area contributed by atoms with E-state index in [1.807, 2.05) is 0 Å². The number of hydrogen-bond acceptors (Lipinski definition) is 2. The van der Waals surface area contributed by atoms with E-state index in [1.165, 1.54) is 6.07 Å². The van der Waals surface area contributed by atoms with E-state index in [9.17, 15) is 9.18 Å². The van der Waals surface area contributed by atoms with Gasteiger partial charge in [-0.2, -0.15) is 0 Å². The Kier molecular flexibility index (Phi) is 4.65. The van der Waals surface area contributed by atoms with Gasteiger partial charge < -0.3 is 5.11 Å². The van der Waals surface area contributed by atoms with Crippen LogP contribution in [-0.4, -0.2) is 29.1 Å². The summed E-state index contributed by atoms with van der Waals surface area (Å²) in [5.74, 6) is -1.26. The Hall–Kier alpha value is -0.940. The minimum atomic E-state index is -0.920. The smallest absolute Gasteiger partial charge is 0.320 e. The third-order valence-electron chi connectivity index (χ3n) is 2.99. The van der Waals surface area contributed by atoms with Crippen molar-refractivity contribution in [3.8, 4) is 0 Å². The lowest BCUT2D eigenvalue weighted by Gasteiger charge is -2.28. The fourth-order valence-electron chi connectivity index (χ4n) is 1.57. The highest BCUT2D eigenvalue weighted by Crippen LogP contribution is 2.25. The first kappa shape index (κ1) is 14.1. The van der Waals surface area contributed by atoms with Crippen molar-refractivity contribution in [2.75, 3.05) is 7.05 Å². The second-order valence-electron chi connectivity index (χ2n) is 4.02. The number of hydrogen-bond donors (Lipinski definition) is 1. The van der Waals surface area contributed by atoms with E-state index in [0.29, 0.717) is 10.0 Å². The number of carboxylic acids is 1. The Labute approximate surface area is 108 Å². The lowest BCUT2D eigenvalue weighted by molar-refractivity contribution is -0.142. The third kappa shape index (κ3) is 3.26. The zero-order valence-corrected chi connectivity index (χ0v) is 11.5. The minimum Gasteiger partial charge on any atom is -0.480 e. The van der Waals surface area contributed by atoms with E-state index >= 15 is 0 Å². The lowest BCUT2D eigenvalue weighted by atomic mass is 10.1. The van der Waals surface area contributed by atoms with Crippen LogP contribution in [0, 0.1) is 5.82 Å². The molecule has 0 bridgehead atoms. The normalized spacial score (nSPS) is 14.7. The first-order valence-electron chi connectivity index (χ1n) is 5.24. The molecule has 3 nitrogen and oxygen atoms in total. The summed E-state index contributed by atoms with van der Waals surface area (Å²) in [5, 5.41) is 8.92. The summed E-state index contributed by atoms with van der Waals surface area (Å²) < 4.78 is 14.4. The minimum absolute atomic E-state index is 0.297. The van der Waals surface area contributed by atoms with E-state index in [2.05, 4.69) is 15.9 Å². The topological polar surface area (TPSA) is 40.5 Å². The Morgan fingerprint density at radius 3 is 2.53 bits per heavy atom. The van der Waals surface area contributed by atoms with Crippen molar-refractivity contribution < 1.29 is 14.3 Å². The van der Waals surface area contributed by atoms with Gasteiger partial charge in [0.05, 0.1) is 0 Å². The van der Waals surface area contributed by atoms with Crippen LogP contribution < -0.4 is 0 Å². The average Bonchev–Trinajstić information content (AvgIpc) is 2.26. The quantitative estimate of drug-likeness (QED) is 0.929. The molecule has 0 saturated heterocycles. The molecule has 0 radical (unpaired) electrons. The Morgan fingerprint density at radius 2 is 2.06 bits per heavy atom. The molecule has 0 aromatic heterocycles. The zero-order chi connectivity index (χ0) is 13.2. The summed E-state index contributed by atoms with van der Waals surface area (Å²) in [5.41, 5.74) is 0.490. The largest absolute Gasteiger partial charge is 0.480 e. The highest BCUT2D eigenvalue weighted by molar-refractivity contribution is 9.10. The van der Waals surface area contributed by atoms with Crippen molar-refractivity contribution >= 4 is 21.9 Å². The average molecular weight is 304 g/mol. The van der Waals surface area contributed by atoms with Gasteiger partial charge in [-0.3, -0.25) is 9.69 Å². The summed E-state index contributed by atoms with van der Waals surface area (Å²) in [7, 11) is 1.67. The second-order valence-corrected chi connectivity index (χ2v) is 4.94. The molecule has 17 heavy (non-hydrogen) atoms. The molecule has 0 amide bonds. The highest BCUT2D eigenvalue weighted by atomic mass is 79.9. The van der Waals surface area contributed by atoms with Gasteiger partial charge in [-0.25, -0.2) is 4.39 Å². The monoisotopic (exact) mass is 303 g/mol. The molecule has 1 aromatic rings. The molecule has 0 fully saturated rings.